The minimum atomic E-state index is -4.67. The van der Waals surface area contributed by atoms with E-state index >= 15 is 0 Å². The van der Waals surface area contributed by atoms with Crippen molar-refractivity contribution in [3.05, 3.63) is 35.5 Å². The molecule has 0 unspecified atom stereocenters. The fourth-order valence-corrected chi connectivity index (χ4v) is 1.23. The zero-order valence-corrected chi connectivity index (χ0v) is 9.85. The number of fused-ring (bicyclic) bond motifs is 1. The molecule has 17 heavy (non-hydrogen) atoms. The molecule has 2 aromatic rings. The molecule has 0 saturated heterocycles. The third-order valence-corrected chi connectivity index (χ3v) is 1.94. The van der Waals surface area contributed by atoms with Crippen LogP contribution in [-0.2, 0) is 10.4 Å². The molecule has 0 bridgehead atoms. The number of hydrogen-bond donors (Lipinski definition) is 3. The molecule has 1 aromatic heterocycles. The topological polar surface area (TPSA) is 108 Å². The SMILES string of the molecule is O=S(=O)(O)O.Oc1cc2ccccc2nc1Cl. The second-order valence-corrected chi connectivity index (χ2v) is 4.19. The van der Waals surface area contributed by atoms with E-state index in [2.05, 4.69) is 4.98 Å². The van der Waals surface area contributed by atoms with Crippen LogP contribution in [0.1, 0.15) is 0 Å². The van der Waals surface area contributed by atoms with E-state index in [0.717, 1.165) is 10.9 Å². The van der Waals surface area contributed by atoms with Crippen LogP contribution in [-0.4, -0.2) is 27.6 Å². The van der Waals surface area contributed by atoms with Crippen molar-refractivity contribution in [2.24, 2.45) is 0 Å². The molecule has 0 saturated carbocycles. The molecule has 0 fully saturated rings. The van der Waals surface area contributed by atoms with Gasteiger partial charge in [-0.15, -0.1) is 0 Å². The number of halogens is 1. The van der Waals surface area contributed by atoms with Gasteiger partial charge in [-0.25, -0.2) is 4.98 Å². The highest BCUT2D eigenvalue weighted by Crippen LogP contribution is 2.24. The van der Waals surface area contributed by atoms with Crippen molar-refractivity contribution in [3.63, 3.8) is 0 Å². The summed E-state index contributed by atoms with van der Waals surface area (Å²) in [6, 6.07) is 9.09. The fourth-order valence-electron chi connectivity index (χ4n) is 1.08. The van der Waals surface area contributed by atoms with Gasteiger partial charge in [0, 0.05) is 5.39 Å². The average molecular weight is 278 g/mol. The van der Waals surface area contributed by atoms with Gasteiger partial charge in [0.1, 0.15) is 0 Å². The highest BCUT2D eigenvalue weighted by molar-refractivity contribution is 7.79. The monoisotopic (exact) mass is 277 g/mol. The Morgan fingerprint density at radius 3 is 2.29 bits per heavy atom. The van der Waals surface area contributed by atoms with Crippen molar-refractivity contribution in [3.8, 4) is 5.75 Å². The Balaban J connectivity index is 0.000000249. The minimum absolute atomic E-state index is 0.0235. The van der Waals surface area contributed by atoms with E-state index < -0.39 is 10.4 Å². The molecule has 6 nitrogen and oxygen atoms in total. The van der Waals surface area contributed by atoms with Crippen LogP contribution >= 0.6 is 11.6 Å². The number of hydrogen-bond acceptors (Lipinski definition) is 4. The predicted molar refractivity (Wildman–Crippen MR) is 62.6 cm³/mol. The molecular weight excluding hydrogens is 270 g/mol. The van der Waals surface area contributed by atoms with Crippen molar-refractivity contribution < 1.29 is 22.6 Å². The molecule has 2 rings (SSSR count). The smallest absolute Gasteiger partial charge is 0.394 e. The zero-order chi connectivity index (χ0) is 13.1. The van der Waals surface area contributed by atoms with E-state index in [1.54, 1.807) is 6.07 Å². The lowest BCUT2D eigenvalue weighted by molar-refractivity contribution is 0.381. The second kappa shape index (κ2) is 5.28. The molecule has 0 amide bonds. The summed E-state index contributed by atoms with van der Waals surface area (Å²) in [6.07, 6.45) is 0. The lowest BCUT2D eigenvalue weighted by atomic mass is 10.2. The summed E-state index contributed by atoms with van der Waals surface area (Å²) in [5, 5.41) is 10.3. The van der Waals surface area contributed by atoms with Gasteiger partial charge in [0.05, 0.1) is 5.52 Å². The van der Waals surface area contributed by atoms with Crippen LogP contribution in [0.15, 0.2) is 30.3 Å². The van der Waals surface area contributed by atoms with Gasteiger partial charge in [-0.05, 0) is 12.1 Å². The van der Waals surface area contributed by atoms with Crippen molar-refractivity contribution in [2.45, 2.75) is 0 Å². The Hall–Kier alpha value is -1.41. The van der Waals surface area contributed by atoms with Crippen LogP contribution in [0.2, 0.25) is 5.15 Å². The van der Waals surface area contributed by atoms with Gasteiger partial charge in [0.2, 0.25) is 0 Å². The first-order valence-electron chi connectivity index (χ1n) is 4.21. The maximum atomic E-state index is 9.22. The van der Waals surface area contributed by atoms with Crippen LogP contribution in [0.25, 0.3) is 10.9 Å². The number of aromatic hydroxyl groups is 1. The fraction of sp³-hybridized carbons (Fsp3) is 0. The second-order valence-electron chi connectivity index (χ2n) is 2.94. The van der Waals surface area contributed by atoms with Crippen LogP contribution < -0.4 is 0 Å². The molecule has 8 heteroatoms. The van der Waals surface area contributed by atoms with Gasteiger partial charge < -0.3 is 5.11 Å². The summed E-state index contributed by atoms with van der Waals surface area (Å²) < 4.78 is 31.6. The van der Waals surface area contributed by atoms with Gasteiger partial charge in [-0.1, -0.05) is 29.8 Å². The predicted octanol–water partition coefficient (Wildman–Crippen LogP) is 1.94. The van der Waals surface area contributed by atoms with E-state index in [4.69, 9.17) is 29.1 Å². The molecular formula is C9H8ClNO5S. The normalized spacial score (nSPS) is 10.8. The molecule has 92 valence electrons. The molecule has 1 aromatic carbocycles. The maximum absolute atomic E-state index is 9.22. The lowest BCUT2D eigenvalue weighted by Crippen LogP contribution is -1.89. The highest BCUT2D eigenvalue weighted by Gasteiger charge is 2.00. The summed E-state index contributed by atoms with van der Waals surface area (Å²) in [5.74, 6) is 0.0235. The van der Waals surface area contributed by atoms with Gasteiger partial charge in [0.25, 0.3) is 0 Å². The number of nitrogens with zero attached hydrogens (tertiary/aromatic N) is 1. The lowest BCUT2D eigenvalue weighted by Gasteiger charge is -1.98. The first-order valence-corrected chi connectivity index (χ1v) is 5.99. The van der Waals surface area contributed by atoms with Crippen molar-refractivity contribution in [2.75, 3.05) is 0 Å². The largest absolute Gasteiger partial charge is 0.505 e. The standard InChI is InChI=1S/C9H6ClNO.H2O4S/c10-9-8(12)5-6-3-1-2-4-7(6)11-9;1-5(2,3)4/h1-5,12H;(H2,1,2,3,4). The number of rotatable bonds is 0. The Bertz CT molecular complexity index is 580. The van der Waals surface area contributed by atoms with E-state index in [0.29, 0.717) is 0 Å². The molecule has 3 N–H and O–H groups in total. The molecule has 0 aliphatic rings. The molecule has 0 radical (unpaired) electrons. The van der Waals surface area contributed by atoms with Crippen molar-refractivity contribution in [1.82, 2.24) is 4.98 Å². The first kappa shape index (κ1) is 13.7. The summed E-state index contributed by atoms with van der Waals surface area (Å²) in [5.41, 5.74) is 0.792. The highest BCUT2D eigenvalue weighted by atomic mass is 35.5. The minimum Gasteiger partial charge on any atom is -0.505 e. The zero-order valence-electron chi connectivity index (χ0n) is 8.28. The van der Waals surface area contributed by atoms with Gasteiger partial charge in [-0.3, -0.25) is 9.11 Å². The van der Waals surface area contributed by atoms with E-state index in [1.165, 1.54) is 0 Å². The Morgan fingerprint density at radius 1 is 1.18 bits per heavy atom. The molecule has 0 spiro atoms. The third kappa shape index (κ3) is 4.96. The van der Waals surface area contributed by atoms with E-state index in [1.807, 2.05) is 24.3 Å². The molecule has 0 aliphatic carbocycles. The van der Waals surface area contributed by atoms with Gasteiger partial charge >= 0.3 is 10.4 Å². The summed E-state index contributed by atoms with van der Waals surface area (Å²) in [6.45, 7) is 0. The average Bonchev–Trinajstić information content (AvgIpc) is 2.17. The quantitative estimate of drug-likeness (QED) is 0.502. The van der Waals surface area contributed by atoms with Crippen molar-refractivity contribution in [1.29, 1.82) is 0 Å². The number of benzene rings is 1. The first-order chi connectivity index (χ1) is 7.77. The molecule has 0 atom stereocenters. The van der Waals surface area contributed by atoms with Gasteiger partial charge in [-0.2, -0.15) is 8.42 Å². The third-order valence-electron chi connectivity index (χ3n) is 1.66. The van der Waals surface area contributed by atoms with Crippen LogP contribution in [0.5, 0.6) is 5.75 Å². The Labute approximate surface area is 102 Å². The Morgan fingerprint density at radius 2 is 1.71 bits per heavy atom. The summed E-state index contributed by atoms with van der Waals surface area (Å²) >= 11 is 5.63. The van der Waals surface area contributed by atoms with Gasteiger partial charge in [0.15, 0.2) is 10.9 Å². The van der Waals surface area contributed by atoms with Crippen LogP contribution in [0.3, 0.4) is 0 Å². The number of aromatic nitrogens is 1. The Kier molecular flexibility index (Phi) is 4.24. The van der Waals surface area contributed by atoms with E-state index in [9.17, 15) is 5.11 Å². The maximum Gasteiger partial charge on any atom is 0.394 e. The van der Waals surface area contributed by atoms with Crippen LogP contribution in [0, 0.1) is 0 Å². The summed E-state index contributed by atoms with van der Waals surface area (Å²) in [4.78, 5) is 3.99. The molecule has 1 heterocycles. The summed E-state index contributed by atoms with van der Waals surface area (Å²) in [7, 11) is -4.67. The van der Waals surface area contributed by atoms with Crippen LogP contribution in [0.4, 0.5) is 0 Å². The van der Waals surface area contributed by atoms with Crippen molar-refractivity contribution >= 4 is 32.9 Å². The number of para-hydroxylation sites is 1. The molecule has 0 aliphatic heterocycles. The van der Waals surface area contributed by atoms with E-state index in [-0.39, 0.29) is 10.9 Å². The number of pyridine rings is 1.